The van der Waals surface area contributed by atoms with Gasteiger partial charge < -0.3 is 14.2 Å². The molecule has 0 aromatic heterocycles. The van der Waals surface area contributed by atoms with E-state index in [0.29, 0.717) is 19.0 Å². The molecule has 1 aliphatic rings. The first-order chi connectivity index (χ1) is 11.0. The lowest BCUT2D eigenvalue weighted by Gasteiger charge is -2.16. The van der Waals surface area contributed by atoms with Gasteiger partial charge in [-0.2, -0.15) is 0 Å². The molecule has 0 aliphatic carbocycles. The highest BCUT2D eigenvalue weighted by Crippen LogP contribution is 2.34. The summed E-state index contributed by atoms with van der Waals surface area (Å²) in [5, 5.41) is 0. The zero-order valence-electron chi connectivity index (χ0n) is 12.4. The number of sulfone groups is 1. The molecule has 0 amide bonds. The van der Waals surface area contributed by atoms with Gasteiger partial charge in [0, 0.05) is 0 Å². The van der Waals surface area contributed by atoms with Crippen molar-refractivity contribution in [3.05, 3.63) is 53.8 Å². The van der Waals surface area contributed by atoms with Crippen LogP contribution in [0.15, 0.2) is 52.3 Å². The summed E-state index contributed by atoms with van der Waals surface area (Å²) in [6.45, 7) is 0.585. The number of hydrogen-bond acceptors (Lipinski definition) is 5. The first kappa shape index (κ1) is 15.9. The number of methoxy groups -OCH3 is 1. The standard InChI is InChI=1S/C16H15FO5S/c1-20-11-5-7-12(8-6-11)23(18,19)14-4-2-3-13(17)15(14)16-21-9-10-22-16/h2-8,16H,9-10H2,1H3. The summed E-state index contributed by atoms with van der Waals surface area (Å²) in [6.07, 6.45) is -1.01. The van der Waals surface area contributed by atoms with E-state index in [1.807, 2.05) is 0 Å². The van der Waals surface area contributed by atoms with Crippen molar-refractivity contribution < 1.29 is 27.0 Å². The van der Waals surface area contributed by atoms with Crippen molar-refractivity contribution in [1.82, 2.24) is 0 Å². The summed E-state index contributed by atoms with van der Waals surface area (Å²) in [5.74, 6) is -0.141. The van der Waals surface area contributed by atoms with Gasteiger partial charge in [-0.1, -0.05) is 6.07 Å². The lowest BCUT2D eigenvalue weighted by atomic mass is 10.2. The van der Waals surface area contributed by atoms with E-state index in [1.54, 1.807) is 0 Å². The van der Waals surface area contributed by atoms with Crippen LogP contribution in [-0.4, -0.2) is 28.7 Å². The molecule has 0 bridgehead atoms. The summed E-state index contributed by atoms with van der Waals surface area (Å²) >= 11 is 0. The van der Waals surface area contributed by atoms with E-state index in [2.05, 4.69) is 0 Å². The second-order valence-electron chi connectivity index (χ2n) is 4.90. The number of rotatable bonds is 4. The van der Waals surface area contributed by atoms with Gasteiger partial charge in [-0.05, 0) is 36.4 Å². The van der Waals surface area contributed by atoms with E-state index in [4.69, 9.17) is 14.2 Å². The SMILES string of the molecule is COc1ccc(S(=O)(=O)c2cccc(F)c2C2OCCO2)cc1. The van der Waals surface area contributed by atoms with Gasteiger partial charge in [0.2, 0.25) is 9.84 Å². The fraction of sp³-hybridized carbons (Fsp3) is 0.250. The van der Waals surface area contributed by atoms with Crippen LogP contribution in [0.2, 0.25) is 0 Å². The highest BCUT2D eigenvalue weighted by Gasteiger charge is 2.31. The van der Waals surface area contributed by atoms with Crippen molar-refractivity contribution >= 4 is 9.84 Å². The predicted octanol–water partition coefficient (Wildman–Crippen LogP) is 2.71. The molecule has 0 atom stereocenters. The van der Waals surface area contributed by atoms with E-state index in [9.17, 15) is 12.8 Å². The molecule has 23 heavy (non-hydrogen) atoms. The topological polar surface area (TPSA) is 61.8 Å². The van der Waals surface area contributed by atoms with Crippen molar-refractivity contribution in [2.75, 3.05) is 20.3 Å². The van der Waals surface area contributed by atoms with E-state index >= 15 is 0 Å². The van der Waals surface area contributed by atoms with Gasteiger partial charge in [0.05, 0.1) is 35.7 Å². The normalized spacial score (nSPS) is 15.7. The third kappa shape index (κ3) is 2.95. The maximum Gasteiger partial charge on any atom is 0.207 e. The molecule has 0 spiro atoms. The zero-order valence-corrected chi connectivity index (χ0v) is 13.2. The predicted molar refractivity (Wildman–Crippen MR) is 79.5 cm³/mol. The smallest absolute Gasteiger partial charge is 0.207 e. The van der Waals surface area contributed by atoms with Crippen LogP contribution >= 0.6 is 0 Å². The zero-order chi connectivity index (χ0) is 16.4. The minimum absolute atomic E-state index is 0.0446. The minimum Gasteiger partial charge on any atom is -0.497 e. The first-order valence-corrected chi connectivity index (χ1v) is 8.43. The second kappa shape index (κ2) is 6.27. The Hall–Kier alpha value is -1.96. The van der Waals surface area contributed by atoms with Crippen LogP contribution in [0.3, 0.4) is 0 Å². The molecule has 0 saturated carbocycles. The molecule has 0 radical (unpaired) electrons. The Morgan fingerprint density at radius 2 is 1.74 bits per heavy atom. The summed E-state index contributed by atoms with van der Waals surface area (Å²) in [6, 6.07) is 9.79. The lowest BCUT2D eigenvalue weighted by molar-refractivity contribution is -0.0486. The van der Waals surface area contributed by atoms with Crippen LogP contribution < -0.4 is 4.74 Å². The highest BCUT2D eigenvalue weighted by molar-refractivity contribution is 7.91. The molecular weight excluding hydrogens is 323 g/mol. The van der Waals surface area contributed by atoms with Crippen molar-refractivity contribution in [1.29, 1.82) is 0 Å². The molecule has 7 heteroatoms. The van der Waals surface area contributed by atoms with Crippen molar-refractivity contribution in [2.45, 2.75) is 16.1 Å². The third-order valence-corrected chi connectivity index (χ3v) is 5.36. The Labute approximate surface area is 133 Å². The van der Waals surface area contributed by atoms with E-state index in [-0.39, 0.29) is 15.4 Å². The summed E-state index contributed by atoms with van der Waals surface area (Å²) in [4.78, 5) is -0.113. The van der Waals surface area contributed by atoms with Crippen molar-refractivity contribution in [2.24, 2.45) is 0 Å². The number of ether oxygens (including phenoxy) is 3. The fourth-order valence-corrected chi connectivity index (χ4v) is 3.88. The van der Waals surface area contributed by atoms with Gasteiger partial charge in [0.1, 0.15) is 11.6 Å². The molecule has 1 heterocycles. The van der Waals surface area contributed by atoms with E-state index < -0.39 is 21.9 Å². The molecule has 1 saturated heterocycles. The Kier molecular flexibility index (Phi) is 4.34. The first-order valence-electron chi connectivity index (χ1n) is 6.95. The Bertz CT molecular complexity index is 796. The molecule has 3 rings (SSSR count). The average Bonchev–Trinajstić information content (AvgIpc) is 3.08. The average molecular weight is 338 g/mol. The van der Waals surface area contributed by atoms with Crippen molar-refractivity contribution in [3.8, 4) is 5.75 Å². The molecule has 0 N–H and O–H groups in total. The summed E-state index contributed by atoms with van der Waals surface area (Å²) in [5.41, 5.74) is -0.0965. The molecule has 1 aliphatic heterocycles. The molecule has 5 nitrogen and oxygen atoms in total. The maximum absolute atomic E-state index is 14.2. The molecule has 2 aromatic rings. The van der Waals surface area contributed by atoms with E-state index in [1.165, 1.54) is 49.6 Å². The fourth-order valence-electron chi connectivity index (χ4n) is 2.39. The number of hydrogen-bond donors (Lipinski definition) is 0. The monoisotopic (exact) mass is 338 g/mol. The summed E-state index contributed by atoms with van der Waals surface area (Å²) in [7, 11) is -2.42. The van der Waals surface area contributed by atoms with Crippen molar-refractivity contribution in [3.63, 3.8) is 0 Å². The molecule has 122 valence electrons. The van der Waals surface area contributed by atoms with Gasteiger partial charge >= 0.3 is 0 Å². The van der Waals surface area contributed by atoms with Gasteiger partial charge in [-0.15, -0.1) is 0 Å². The summed E-state index contributed by atoms with van der Waals surface area (Å²) < 4.78 is 55.5. The van der Waals surface area contributed by atoms with Crippen LogP contribution in [0.4, 0.5) is 4.39 Å². The maximum atomic E-state index is 14.2. The molecule has 0 unspecified atom stereocenters. The van der Waals surface area contributed by atoms with Crippen LogP contribution in [-0.2, 0) is 19.3 Å². The second-order valence-corrected chi connectivity index (χ2v) is 6.82. The Morgan fingerprint density at radius 3 is 2.35 bits per heavy atom. The lowest BCUT2D eigenvalue weighted by Crippen LogP contribution is -2.11. The Balaban J connectivity index is 2.10. The number of benzene rings is 2. The van der Waals surface area contributed by atoms with Gasteiger partial charge in [0.25, 0.3) is 0 Å². The third-order valence-electron chi connectivity index (χ3n) is 3.53. The molecular formula is C16H15FO5S. The van der Waals surface area contributed by atoms with Gasteiger partial charge in [-0.25, -0.2) is 12.8 Å². The van der Waals surface area contributed by atoms with Gasteiger partial charge in [0.15, 0.2) is 6.29 Å². The van der Waals surface area contributed by atoms with Crippen LogP contribution in [0.25, 0.3) is 0 Å². The van der Waals surface area contributed by atoms with Crippen LogP contribution in [0, 0.1) is 5.82 Å². The number of halogens is 1. The van der Waals surface area contributed by atoms with E-state index in [0.717, 1.165) is 0 Å². The molecule has 1 fully saturated rings. The largest absolute Gasteiger partial charge is 0.497 e. The minimum atomic E-state index is -3.91. The van der Waals surface area contributed by atoms with Gasteiger partial charge in [-0.3, -0.25) is 0 Å². The highest BCUT2D eigenvalue weighted by atomic mass is 32.2. The Morgan fingerprint density at radius 1 is 1.09 bits per heavy atom. The quantitative estimate of drug-likeness (QED) is 0.858. The van der Waals surface area contributed by atoms with Crippen LogP contribution in [0.5, 0.6) is 5.75 Å². The van der Waals surface area contributed by atoms with Crippen LogP contribution in [0.1, 0.15) is 11.9 Å². The molecule has 2 aromatic carbocycles.